The van der Waals surface area contributed by atoms with Crippen molar-refractivity contribution in [1.29, 1.82) is 0 Å². The molecule has 0 amide bonds. The van der Waals surface area contributed by atoms with Crippen LogP contribution in [0.5, 0.6) is 0 Å². The molecule has 1 rings (SSSR count). The summed E-state index contributed by atoms with van der Waals surface area (Å²) in [4.78, 5) is 3.83. The number of aromatic nitrogens is 1. The van der Waals surface area contributed by atoms with Crippen molar-refractivity contribution < 1.29 is 5.21 Å². The summed E-state index contributed by atoms with van der Waals surface area (Å²) in [6.07, 6.45) is 2.88. The predicted molar refractivity (Wildman–Crippen MR) is 42.8 cm³/mol. The molecule has 0 saturated carbocycles. The highest BCUT2D eigenvalue weighted by molar-refractivity contribution is 5.80. The van der Waals surface area contributed by atoms with Crippen LogP contribution in [0, 0.1) is 6.92 Å². The fourth-order valence-corrected chi connectivity index (χ4v) is 0.786. The molecule has 11 heavy (non-hydrogen) atoms. The number of oxime groups is 1. The summed E-state index contributed by atoms with van der Waals surface area (Å²) in [5.41, 5.74) is 7.11. The average Bonchev–Trinajstić information content (AvgIpc) is 1.95. The van der Waals surface area contributed by atoms with E-state index >= 15 is 0 Å². The van der Waals surface area contributed by atoms with E-state index in [1.54, 1.807) is 12.3 Å². The summed E-state index contributed by atoms with van der Waals surface area (Å²) >= 11 is 0. The molecule has 0 atom stereocenters. The largest absolute Gasteiger partial charge is 0.411 e. The van der Waals surface area contributed by atoms with E-state index in [0.717, 1.165) is 11.1 Å². The first kappa shape index (κ1) is 7.53. The zero-order valence-corrected chi connectivity index (χ0v) is 6.15. The number of nitrogens with zero attached hydrogens (tertiary/aromatic N) is 2. The second-order valence-corrected chi connectivity index (χ2v) is 2.21. The van der Waals surface area contributed by atoms with Gasteiger partial charge >= 0.3 is 0 Å². The quantitative estimate of drug-likeness (QED) is 0.354. The van der Waals surface area contributed by atoms with E-state index in [0.29, 0.717) is 5.82 Å². The maximum Gasteiger partial charge on any atom is 0.123 e. The fourth-order valence-electron chi connectivity index (χ4n) is 0.786. The summed E-state index contributed by atoms with van der Waals surface area (Å²) in [7, 11) is 0. The number of anilines is 1. The van der Waals surface area contributed by atoms with Crippen LogP contribution in [0.1, 0.15) is 11.1 Å². The highest BCUT2D eigenvalue weighted by Crippen LogP contribution is 2.06. The Morgan fingerprint density at radius 3 is 3.00 bits per heavy atom. The van der Waals surface area contributed by atoms with Gasteiger partial charge in [-0.1, -0.05) is 5.16 Å². The zero-order valence-electron chi connectivity index (χ0n) is 6.15. The molecule has 1 aromatic heterocycles. The lowest BCUT2D eigenvalue weighted by Gasteiger charge is -1.98. The minimum atomic E-state index is 0.470. The monoisotopic (exact) mass is 151 g/mol. The molecule has 1 heterocycles. The Kier molecular flexibility index (Phi) is 2.06. The lowest BCUT2D eigenvalue weighted by atomic mass is 10.2. The third kappa shape index (κ3) is 1.67. The van der Waals surface area contributed by atoms with E-state index in [2.05, 4.69) is 10.1 Å². The van der Waals surface area contributed by atoms with Gasteiger partial charge < -0.3 is 10.9 Å². The summed E-state index contributed by atoms with van der Waals surface area (Å²) in [5.74, 6) is 0.470. The molecule has 58 valence electrons. The molecular formula is C7H9N3O. The Balaban J connectivity index is 3.09. The first-order valence-electron chi connectivity index (χ1n) is 3.13. The number of nitrogen functional groups attached to an aromatic ring is 1. The molecule has 4 heteroatoms. The molecule has 0 spiro atoms. The maximum atomic E-state index is 8.22. The van der Waals surface area contributed by atoms with Crippen LogP contribution in [0.2, 0.25) is 0 Å². The van der Waals surface area contributed by atoms with Gasteiger partial charge in [-0.15, -0.1) is 0 Å². The highest BCUT2D eigenvalue weighted by atomic mass is 16.4. The number of hydrogen-bond acceptors (Lipinski definition) is 4. The molecule has 0 bridgehead atoms. The van der Waals surface area contributed by atoms with Crippen molar-refractivity contribution in [3.8, 4) is 0 Å². The number of aryl methyl sites for hydroxylation is 1. The van der Waals surface area contributed by atoms with Crippen LogP contribution in [-0.2, 0) is 0 Å². The predicted octanol–water partition coefficient (Wildman–Crippen LogP) is 0.780. The van der Waals surface area contributed by atoms with Crippen LogP contribution < -0.4 is 5.73 Å². The van der Waals surface area contributed by atoms with E-state index < -0.39 is 0 Å². The number of hydrogen-bond donors (Lipinski definition) is 2. The summed E-state index contributed by atoms with van der Waals surface area (Å²) in [5, 5.41) is 11.1. The third-order valence-corrected chi connectivity index (χ3v) is 1.37. The van der Waals surface area contributed by atoms with Crippen LogP contribution in [0.3, 0.4) is 0 Å². The normalized spacial score (nSPS) is 10.6. The average molecular weight is 151 g/mol. The number of nitrogens with two attached hydrogens (primary N) is 1. The molecule has 0 unspecified atom stereocenters. The standard InChI is InChI=1S/C7H9N3O/c1-5-2-7(8)9-3-6(5)4-10-11/h2-4,11H,1H3,(H2,8,9)/b10-4-. The van der Waals surface area contributed by atoms with Gasteiger partial charge in [0.05, 0.1) is 6.21 Å². The van der Waals surface area contributed by atoms with Crippen LogP contribution in [-0.4, -0.2) is 16.4 Å². The molecule has 0 fully saturated rings. The summed E-state index contributed by atoms with van der Waals surface area (Å²) in [6, 6.07) is 1.72. The fraction of sp³-hybridized carbons (Fsp3) is 0.143. The van der Waals surface area contributed by atoms with Crippen molar-refractivity contribution in [3.05, 3.63) is 23.4 Å². The molecule has 0 radical (unpaired) electrons. The topological polar surface area (TPSA) is 71.5 Å². The minimum absolute atomic E-state index is 0.470. The van der Waals surface area contributed by atoms with E-state index in [1.807, 2.05) is 6.92 Å². The van der Waals surface area contributed by atoms with Crippen LogP contribution >= 0.6 is 0 Å². The number of pyridine rings is 1. The second-order valence-electron chi connectivity index (χ2n) is 2.21. The van der Waals surface area contributed by atoms with E-state index in [9.17, 15) is 0 Å². The smallest absolute Gasteiger partial charge is 0.123 e. The molecule has 4 nitrogen and oxygen atoms in total. The Labute approximate surface area is 64.4 Å². The summed E-state index contributed by atoms with van der Waals surface area (Å²) in [6.45, 7) is 1.87. The van der Waals surface area contributed by atoms with Crippen LogP contribution in [0.25, 0.3) is 0 Å². The van der Waals surface area contributed by atoms with Gasteiger partial charge in [0, 0.05) is 11.8 Å². The molecule has 3 N–H and O–H groups in total. The lowest BCUT2D eigenvalue weighted by molar-refractivity contribution is 0.322. The van der Waals surface area contributed by atoms with Crippen molar-refractivity contribution in [2.75, 3.05) is 5.73 Å². The highest BCUT2D eigenvalue weighted by Gasteiger charge is 1.95. The van der Waals surface area contributed by atoms with Crippen molar-refractivity contribution in [3.63, 3.8) is 0 Å². The zero-order chi connectivity index (χ0) is 8.27. The third-order valence-electron chi connectivity index (χ3n) is 1.37. The maximum absolute atomic E-state index is 8.22. The van der Waals surface area contributed by atoms with Gasteiger partial charge in [-0.2, -0.15) is 0 Å². The molecule has 1 aromatic rings. The van der Waals surface area contributed by atoms with Crippen LogP contribution in [0.15, 0.2) is 17.4 Å². The molecule has 0 aliphatic rings. The molecule has 0 aliphatic heterocycles. The summed E-state index contributed by atoms with van der Waals surface area (Å²) < 4.78 is 0. The van der Waals surface area contributed by atoms with Crippen molar-refractivity contribution >= 4 is 12.0 Å². The first-order valence-corrected chi connectivity index (χ1v) is 3.13. The second kappa shape index (κ2) is 3.01. The van der Waals surface area contributed by atoms with Crippen molar-refractivity contribution in [2.45, 2.75) is 6.92 Å². The van der Waals surface area contributed by atoms with E-state index in [4.69, 9.17) is 10.9 Å². The van der Waals surface area contributed by atoms with Gasteiger partial charge in [0.2, 0.25) is 0 Å². The minimum Gasteiger partial charge on any atom is -0.411 e. The Bertz CT molecular complexity index is 283. The van der Waals surface area contributed by atoms with Gasteiger partial charge in [0.15, 0.2) is 0 Å². The van der Waals surface area contributed by atoms with Gasteiger partial charge in [-0.25, -0.2) is 4.98 Å². The van der Waals surface area contributed by atoms with Crippen molar-refractivity contribution in [2.24, 2.45) is 5.16 Å². The van der Waals surface area contributed by atoms with E-state index in [1.165, 1.54) is 6.21 Å². The molecule has 0 saturated heterocycles. The molecule has 0 aromatic carbocycles. The van der Waals surface area contributed by atoms with Crippen LogP contribution in [0.4, 0.5) is 5.82 Å². The Morgan fingerprint density at radius 1 is 1.73 bits per heavy atom. The molecule has 0 aliphatic carbocycles. The molecular weight excluding hydrogens is 142 g/mol. The van der Waals surface area contributed by atoms with Gasteiger partial charge in [-0.3, -0.25) is 0 Å². The van der Waals surface area contributed by atoms with E-state index in [-0.39, 0.29) is 0 Å². The van der Waals surface area contributed by atoms with Gasteiger partial charge in [0.25, 0.3) is 0 Å². The van der Waals surface area contributed by atoms with Gasteiger partial charge in [0.1, 0.15) is 5.82 Å². The number of rotatable bonds is 1. The van der Waals surface area contributed by atoms with Gasteiger partial charge in [-0.05, 0) is 18.6 Å². The SMILES string of the molecule is Cc1cc(N)ncc1/C=N\O. The first-order chi connectivity index (χ1) is 5.24. The lowest BCUT2D eigenvalue weighted by Crippen LogP contribution is -1.94. The Hall–Kier alpha value is -1.58. The Morgan fingerprint density at radius 2 is 2.45 bits per heavy atom. The van der Waals surface area contributed by atoms with Crippen molar-refractivity contribution in [1.82, 2.24) is 4.98 Å².